The molecule has 3 rings (SSSR count). The monoisotopic (exact) mass is 329 g/mol. The van der Waals surface area contributed by atoms with Crippen molar-refractivity contribution in [3.63, 3.8) is 0 Å². The first kappa shape index (κ1) is 15.1. The number of aliphatic hydroxyl groups is 1. The van der Waals surface area contributed by atoms with Gasteiger partial charge in [0.1, 0.15) is 11.6 Å². The third kappa shape index (κ3) is 2.53. The SMILES string of the molecule is O=S(=O)(c1ccco1)N1C[C@H](O)C[C@@H]1c1cc(F)ccc1F. The quantitative estimate of drug-likeness (QED) is 0.936. The van der Waals surface area contributed by atoms with Crippen LogP contribution in [0, 0.1) is 11.6 Å². The summed E-state index contributed by atoms with van der Waals surface area (Å²) in [4.78, 5) is 0. The molecule has 0 radical (unpaired) electrons. The predicted octanol–water partition coefficient (Wildman–Crippen LogP) is 2.05. The third-order valence-electron chi connectivity index (χ3n) is 3.61. The molecule has 1 aromatic heterocycles. The maximum absolute atomic E-state index is 14.0. The van der Waals surface area contributed by atoms with E-state index >= 15 is 0 Å². The Kier molecular flexibility index (Phi) is 3.75. The van der Waals surface area contributed by atoms with Crippen LogP contribution in [-0.2, 0) is 10.0 Å². The fraction of sp³-hybridized carbons (Fsp3) is 0.286. The molecule has 2 atom stereocenters. The second kappa shape index (κ2) is 5.45. The average molecular weight is 329 g/mol. The highest BCUT2D eigenvalue weighted by atomic mass is 32.2. The number of aliphatic hydroxyl groups excluding tert-OH is 1. The van der Waals surface area contributed by atoms with E-state index in [-0.39, 0.29) is 23.6 Å². The van der Waals surface area contributed by atoms with E-state index in [4.69, 9.17) is 4.42 Å². The number of sulfonamides is 1. The summed E-state index contributed by atoms with van der Waals surface area (Å²) in [5.74, 6) is -1.40. The molecule has 5 nitrogen and oxygen atoms in total. The first-order valence-corrected chi connectivity index (χ1v) is 8.02. The Hall–Kier alpha value is -1.77. The minimum atomic E-state index is -4.04. The molecule has 0 bridgehead atoms. The van der Waals surface area contributed by atoms with E-state index in [1.807, 2.05) is 0 Å². The lowest BCUT2D eigenvalue weighted by atomic mass is 10.0. The molecule has 22 heavy (non-hydrogen) atoms. The first-order chi connectivity index (χ1) is 10.4. The van der Waals surface area contributed by atoms with Crippen molar-refractivity contribution in [2.75, 3.05) is 6.54 Å². The van der Waals surface area contributed by atoms with Crippen LogP contribution in [0.3, 0.4) is 0 Å². The molecule has 1 saturated heterocycles. The number of rotatable bonds is 3. The van der Waals surface area contributed by atoms with Crippen LogP contribution in [0.4, 0.5) is 8.78 Å². The van der Waals surface area contributed by atoms with Crippen LogP contribution < -0.4 is 0 Å². The molecule has 118 valence electrons. The van der Waals surface area contributed by atoms with Gasteiger partial charge in [-0.2, -0.15) is 4.31 Å². The number of benzene rings is 1. The van der Waals surface area contributed by atoms with E-state index in [0.29, 0.717) is 0 Å². The van der Waals surface area contributed by atoms with Gasteiger partial charge in [-0.25, -0.2) is 17.2 Å². The van der Waals surface area contributed by atoms with Gasteiger partial charge in [0, 0.05) is 12.1 Å². The molecule has 0 saturated carbocycles. The maximum Gasteiger partial charge on any atom is 0.277 e. The average Bonchev–Trinajstić information content (AvgIpc) is 3.11. The Morgan fingerprint density at radius 1 is 1.27 bits per heavy atom. The van der Waals surface area contributed by atoms with Crippen LogP contribution >= 0.6 is 0 Å². The molecule has 0 amide bonds. The summed E-state index contributed by atoms with van der Waals surface area (Å²) in [5.41, 5.74) is -0.105. The van der Waals surface area contributed by atoms with Gasteiger partial charge < -0.3 is 9.52 Å². The van der Waals surface area contributed by atoms with Crippen molar-refractivity contribution in [1.82, 2.24) is 4.31 Å². The zero-order valence-electron chi connectivity index (χ0n) is 11.3. The van der Waals surface area contributed by atoms with E-state index in [1.165, 1.54) is 18.4 Å². The van der Waals surface area contributed by atoms with Crippen molar-refractivity contribution in [2.45, 2.75) is 23.7 Å². The molecule has 1 aliphatic heterocycles. The van der Waals surface area contributed by atoms with Crippen molar-refractivity contribution in [3.8, 4) is 0 Å². The smallest absolute Gasteiger partial charge is 0.277 e. The highest BCUT2D eigenvalue weighted by Crippen LogP contribution is 2.38. The summed E-state index contributed by atoms with van der Waals surface area (Å²) in [5, 5.41) is 9.50. The molecular formula is C14H13F2NO4S. The Labute approximate surface area is 125 Å². The lowest BCUT2D eigenvalue weighted by molar-refractivity contribution is 0.188. The van der Waals surface area contributed by atoms with Crippen molar-refractivity contribution in [1.29, 1.82) is 0 Å². The van der Waals surface area contributed by atoms with Crippen LogP contribution in [0.5, 0.6) is 0 Å². The lowest BCUT2D eigenvalue weighted by Crippen LogP contribution is -2.32. The Morgan fingerprint density at radius 3 is 2.73 bits per heavy atom. The molecule has 8 heteroatoms. The second-order valence-corrected chi connectivity index (χ2v) is 6.90. The molecule has 1 N–H and O–H groups in total. The van der Waals surface area contributed by atoms with Crippen molar-refractivity contribution in [3.05, 3.63) is 53.8 Å². The van der Waals surface area contributed by atoms with Gasteiger partial charge in [0.15, 0.2) is 0 Å². The zero-order valence-corrected chi connectivity index (χ0v) is 12.1. The predicted molar refractivity (Wildman–Crippen MR) is 72.3 cm³/mol. The minimum Gasteiger partial charge on any atom is -0.452 e. The van der Waals surface area contributed by atoms with Crippen molar-refractivity contribution >= 4 is 10.0 Å². The fourth-order valence-corrected chi connectivity index (χ4v) is 4.19. The number of furan rings is 1. The van der Waals surface area contributed by atoms with Gasteiger partial charge in [-0.1, -0.05) is 0 Å². The zero-order chi connectivity index (χ0) is 15.9. The number of hydrogen-bond acceptors (Lipinski definition) is 4. The largest absolute Gasteiger partial charge is 0.452 e. The normalized spacial score (nSPS) is 23.0. The van der Waals surface area contributed by atoms with Crippen LogP contribution in [0.15, 0.2) is 46.1 Å². The number of β-amino-alcohol motifs (C(OH)–C–C–N with tert-alkyl or cyclic N) is 1. The van der Waals surface area contributed by atoms with Gasteiger partial charge in [-0.3, -0.25) is 0 Å². The number of nitrogens with zero attached hydrogens (tertiary/aromatic N) is 1. The molecule has 0 unspecified atom stereocenters. The molecule has 1 fully saturated rings. The van der Waals surface area contributed by atoms with E-state index < -0.39 is 33.8 Å². The van der Waals surface area contributed by atoms with E-state index in [2.05, 4.69) is 0 Å². The van der Waals surface area contributed by atoms with Gasteiger partial charge in [0.25, 0.3) is 10.0 Å². The molecule has 1 aromatic carbocycles. The Bertz CT molecular complexity index is 776. The topological polar surface area (TPSA) is 70.8 Å². The lowest BCUT2D eigenvalue weighted by Gasteiger charge is -2.23. The highest BCUT2D eigenvalue weighted by Gasteiger charge is 2.42. The number of halogens is 2. The van der Waals surface area contributed by atoms with Gasteiger partial charge in [-0.05, 0) is 36.8 Å². The van der Waals surface area contributed by atoms with E-state index in [9.17, 15) is 22.3 Å². The summed E-state index contributed by atoms with van der Waals surface area (Å²) >= 11 is 0. The van der Waals surface area contributed by atoms with Gasteiger partial charge >= 0.3 is 0 Å². The molecular weight excluding hydrogens is 316 g/mol. The van der Waals surface area contributed by atoms with Crippen LogP contribution in [0.1, 0.15) is 18.0 Å². The summed E-state index contributed by atoms with van der Waals surface area (Å²) in [6.07, 6.45) is 0.231. The Morgan fingerprint density at radius 2 is 2.05 bits per heavy atom. The molecule has 0 spiro atoms. The molecule has 1 aliphatic rings. The molecule has 2 aromatic rings. The van der Waals surface area contributed by atoms with Gasteiger partial charge in [-0.15, -0.1) is 0 Å². The third-order valence-corrected chi connectivity index (χ3v) is 5.37. The summed E-state index contributed by atoms with van der Waals surface area (Å²) in [6.45, 7) is -0.205. The molecule has 2 heterocycles. The number of hydrogen-bond donors (Lipinski definition) is 1. The minimum absolute atomic E-state index is 0.0136. The van der Waals surface area contributed by atoms with E-state index in [0.717, 1.165) is 22.5 Å². The van der Waals surface area contributed by atoms with Crippen molar-refractivity contribution in [2.24, 2.45) is 0 Å². The summed E-state index contributed by atoms with van der Waals surface area (Å²) in [7, 11) is -4.04. The molecule has 0 aliphatic carbocycles. The van der Waals surface area contributed by atoms with Gasteiger partial charge in [0.2, 0.25) is 5.09 Å². The summed E-state index contributed by atoms with van der Waals surface area (Å²) in [6, 6.07) is 4.53. The van der Waals surface area contributed by atoms with Crippen molar-refractivity contribution < 1.29 is 26.7 Å². The van der Waals surface area contributed by atoms with Crippen LogP contribution in [-0.4, -0.2) is 30.5 Å². The standard InChI is InChI=1S/C14H13F2NO4S/c15-9-3-4-12(16)11(6-9)13-7-10(18)8-17(13)22(19,20)14-2-1-5-21-14/h1-6,10,13,18H,7-8H2/t10-,13-/m1/s1. The highest BCUT2D eigenvalue weighted by molar-refractivity contribution is 7.89. The van der Waals surface area contributed by atoms with Gasteiger partial charge in [0.05, 0.1) is 18.4 Å². The second-order valence-electron chi connectivity index (χ2n) is 5.08. The summed E-state index contributed by atoms with van der Waals surface area (Å²) < 4.78 is 58.2. The van der Waals surface area contributed by atoms with Crippen LogP contribution in [0.2, 0.25) is 0 Å². The Balaban J connectivity index is 2.05. The fourth-order valence-electron chi connectivity index (χ4n) is 2.63. The first-order valence-electron chi connectivity index (χ1n) is 6.58. The maximum atomic E-state index is 14.0. The van der Waals surface area contributed by atoms with E-state index in [1.54, 1.807) is 0 Å². The van der Waals surface area contributed by atoms with Crippen LogP contribution in [0.25, 0.3) is 0 Å².